The van der Waals surface area contributed by atoms with E-state index in [-0.39, 0.29) is 11.7 Å². The third kappa shape index (κ3) is 4.43. The highest BCUT2D eigenvalue weighted by molar-refractivity contribution is 7.99. The molecule has 0 aliphatic carbocycles. The van der Waals surface area contributed by atoms with Crippen LogP contribution in [0.1, 0.15) is 0 Å². The Balaban J connectivity index is 1.64. The van der Waals surface area contributed by atoms with Crippen molar-refractivity contribution in [2.45, 2.75) is 5.16 Å². The van der Waals surface area contributed by atoms with Crippen LogP contribution in [0.5, 0.6) is 11.5 Å². The number of benzene rings is 2. The smallest absolute Gasteiger partial charge is 0.234 e. The van der Waals surface area contributed by atoms with Crippen molar-refractivity contribution >= 4 is 23.4 Å². The molecular weight excluding hydrogens is 362 g/mol. The molecule has 0 radical (unpaired) electrons. The average molecular weight is 383 g/mol. The van der Waals surface area contributed by atoms with Crippen LogP contribution >= 0.6 is 11.8 Å². The minimum Gasteiger partial charge on any atom is -0.497 e. The van der Waals surface area contributed by atoms with Crippen LogP contribution in [0.25, 0.3) is 11.3 Å². The van der Waals surface area contributed by atoms with E-state index in [1.54, 1.807) is 14.2 Å². The van der Waals surface area contributed by atoms with Gasteiger partial charge in [0.2, 0.25) is 5.91 Å². The van der Waals surface area contributed by atoms with Gasteiger partial charge in [-0.15, -0.1) is 0 Å². The molecule has 140 valence electrons. The molecule has 0 saturated carbocycles. The summed E-state index contributed by atoms with van der Waals surface area (Å²) in [5.41, 5.74) is 2.67. The number of para-hydroxylation sites is 2. The van der Waals surface area contributed by atoms with Gasteiger partial charge in [-0.3, -0.25) is 4.79 Å². The van der Waals surface area contributed by atoms with Gasteiger partial charge in [0.1, 0.15) is 11.5 Å². The lowest BCUT2D eigenvalue weighted by Crippen LogP contribution is -2.15. The first kappa shape index (κ1) is 18.8. The van der Waals surface area contributed by atoms with E-state index in [2.05, 4.69) is 10.3 Å². The van der Waals surface area contributed by atoms with Gasteiger partial charge in [-0.2, -0.15) is 0 Å². The van der Waals surface area contributed by atoms with E-state index < -0.39 is 0 Å². The van der Waals surface area contributed by atoms with Crippen molar-refractivity contribution in [3.8, 4) is 22.8 Å². The number of carbonyl (C=O) groups excluding carboxylic acids is 1. The zero-order valence-corrected chi connectivity index (χ0v) is 16.2. The Morgan fingerprint density at radius 3 is 2.56 bits per heavy atom. The Morgan fingerprint density at radius 1 is 1.11 bits per heavy atom. The number of imidazole rings is 1. The van der Waals surface area contributed by atoms with E-state index >= 15 is 0 Å². The molecule has 1 N–H and O–H groups in total. The fraction of sp³-hybridized carbons (Fsp3) is 0.200. The van der Waals surface area contributed by atoms with Crippen molar-refractivity contribution < 1.29 is 14.3 Å². The second kappa shape index (κ2) is 8.64. The molecule has 27 heavy (non-hydrogen) atoms. The zero-order chi connectivity index (χ0) is 19.2. The summed E-state index contributed by atoms with van der Waals surface area (Å²) >= 11 is 1.39. The predicted molar refractivity (Wildman–Crippen MR) is 108 cm³/mol. The first-order valence-corrected chi connectivity index (χ1v) is 9.32. The first-order valence-electron chi connectivity index (χ1n) is 8.34. The summed E-state index contributed by atoms with van der Waals surface area (Å²) < 4.78 is 12.4. The summed E-state index contributed by atoms with van der Waals surface area (Å²) in [5, 5.41) is 3.64. The number of nitrogens with zero attached hydrogens (tertiary/aromatic N) is 2. The van der Waals surface area contributed by atoms with E-state index in [1.165, 1.54) is 11.8 Å². The number of anilines is 1. The zero-order valence-electron chi connectivity index (χ0n) is 15.4. The number of ether oxygens (including phenoxy) is 2. The SMILES string of the molecule is COc1ccc(-c2cnc(SCC(=O)Nc3ccccc3OC)n2C)cc1. The molecule has 1 amide bonds. The Bertz CT molecular complexity index is 922. The molecule has 1 heterocycles. The molecule has 6 nitrogen and oxygen atoms in total. The van der Waals surface area contributed by atoms with Gasteiger partial charge in [-0.05, 0) is 36.4 Å². The van der Waals surface area contributed by atoms with Gasteiger partial charge < -0.3 is 19.4 Å². The Hall–Kier alpha value is -2.93. The monoisotopic (exact) mass is 383 g/mol. The molecular formula is C20H21N3O3S. The Labute approximate surface area is 162 Å². The molecule has 0 saturated heterocycles. The van der Waals surface area contributed by atoms with Crippen LogP contribution in [0.3, 0.4) is 0 Å². The van der Waals surface area contributed by atoms with Gasteiger partial charge in [0.05, 0.1) is 37.6 Å². The Kier molecular flexibility index (Phi) is 6.03. The molecule has 0 atom stereocenters. The van der Waals surface area contributed by atoms with Crippen molar-refractivity contribution in [2.24, 2.45) is 7.05 Å². The summed E-state index contributed by atoms with van der Waals surface area (Å²) in [4.78, 5) is 16.7. The molecule has 3 aromatic rings. The average Bonchev–Trinajstić information content (AvgIpc) is 3.07. The maximum absolute atomic E-state index is 12.3. The summed E-state index contributed by atoms with van der Waals surface area (Å²) in [6, 6.07) is 15.1. The fourth-order valence-electron chi connectivity index (χ4n) is 2.62. The van der Waals surface area contributed by atoms with Crippen LogP contribution in [-0.2, 0) is 11.8 Å². The number of thioether (sulfide) groups is 1. The van der Waals surface area contributed by atoms with E-state index in [4.69, 9.17) is 9.47 Å². The van der Waals surface area contributed by atoms with Crippen LogP contribution in [0.2, 0.25) is 0 Å². The number of amides is 1. The molecule has 7 heteroatoms. The van der Waals surface area contributed by atoms with Crippen LogP contribution < -0.4 is 14.8 Å². The third-order valence-corrected chi connectivity index (χ3v) is 5.09. The topological polar surface area (TPSA) is 65.4 Å². The van der Waals surface area contributed by atoms with Gasteiger partial charge in [0.15, 0.2) is 5.16 Å². The van der Waals surface area contributed by atoms with Gasteiger partial charge in [-0.25, -0.2) is 4.98 Å². The highest BCUT2D eigenvalue weighted by Crippen LogP contribution is 2.27. The van der Waals surface area contributed by atoms with Gasteiger partial charge >= 0.3 is 0 Å². The standard InChI is InChI=1S/C20H21N3O3S/c1-23-17(14-8-10-15(25-2)11-9-14)12-21-20(23)27-13-19(24)22-16-6-4-5-7-18(16)26-3/h4-12H,13H2,1-3H3,(H,22,24). The molecule has 3 rings (SSSR count). The highest BCUT2D eigenvalue weighted by Gasteiger charge is 2.12. The largest absolute Gasteiger partial charge is 0.497 e. The predicted octanol–water partition coefficient (Wildman–Crippen LogP) is 3.84. The van der Waals surface area contributed by atoms with Gasteiger partial charge in [0.25, 0.3) is 0 Å². The van der Waals surface area contributed by atoms with E-state index in [0.29, 0.717) is 11.4 Å². The normalized spacial score (nSPS) is 10.5. The third-order valence-electron chi connectivity index (χ3n) is 4.04. The second-order valence-corrected chi connectivity index (χ2v) is 6.69. The quantitative estimate of drug-likeness (QED) is 0.628. The molecule has 1 aromatic heterocycles. The van der Waals surface area contributed by atoms with Crippen molar-refractivity contribution in [2.75, 3.05) is 25.3 Å². The minimum absolute atomic E-state index is 0.113. The lowest BCUT2D eigenvalue weighted by Gasteiger charge is -2.10. The molecule has 0 fully saturated rings. The number of nitrogens with one attached hydrogen (secondary N) is 1. The second-order valence-electron chi connectivity index (χ2n) is 5.75. The lowest BCUT2D eigenvalue weighted by atomic mass is 10.1. The summed E-state index contributed by atoms with van der Waals surface area (Å²) in [7, 11) is 5.16. The fourth-order valence-corrected chi connectivity index (χ4v) is 3.37. The highest BCUT2D eigenvalue weighted by atomic mass is 32.2. The molecule has 0 unspecified atom stereocenters. The van der Waals surface area contributed by atoms with Crippen molar-refractivity contribution in [1.82, 2.24) is 9.55 Å². The number of hydrogen-bond acceptors (Lipinski definition) is 5. The number of rotatable bonds is 7. The van der Waals surface area contributed by atoms with Crippen LogP contribution in [-0.4, -0.2) is 35.4 Å². The van der Waals surface area contributed by atoms with Gasteiger partial charge in [-0.1, -0.05) is 23.9 Å². The molecule has 0 bridgehead atoms. The van der Waals surface area contributed by atoms with Crippen molar-refractivity contribution in [1.29, 1.82) is 0 Å². The summed E-state index contributed by atoms with van der Waals surface area (Å²) in [5.74, 6) is 1.59. The van der Waals surface area contributed by atoms with E-state index in [1.807, 2.05) is 66.3 Å². The number of aromatic nitrogens is 2. The first-order chi connectivity index (χ1) is 13.1. The molecule has 0 aliphatic rings. The maximum Gasteiger partial charge on any atom is 0.234 e. The van der Waals surface area contributed by atoms with Gasteiger partial charge in [0, 0.05) is 12.6 Å². The lowest BCUT2D eigenvalue weighted by molar-refractivity contribution is -0.113. The Morgan fingerprint density at radius 2 is 1.85 bits per heavy atom. The van der Waals surface area contributed by atoms with E-state index in [9.17, 15) is 4.79 Å². The molecule has 0 aliphatic heterocycles. The van der Waals surface area contributed by atoms with Crippen LogP contribution in [0, 0.1) is 0 Å². The van der Waals surface area contributed by atoms with Crippen LogP contribution in [0.4, 0.5) is 5.69 Å². The van der Waals surface area contributed by atoms with Crippen LogP contribution in [0.15, 0.2) is 59.9 Å². The summed E-state index contributed by atoms with van der Waals surface area (Å²) in [6.07, 6.45) is 1.81. The number of carbonyl (C=O) groups is 1. The minimum atomic E-state index is -0.113. The maximum atomic E-state index is 12.3. The summed E-state index contributed by atoms with van der Waals surface area (Å²) in [6.45, 7) is 0. The van der Waals surface area contributed by atoms with Crippen molar-refractivity contribution in [3.63, 3.8) is 0 Å². The number of methoxy groups -OCH3 is 2. The molecule has 2 aromatic carbocycles. The van der Waals surface area contributed by atoms with E-state index in [0.717, 1.165) is 22.2 Å². The number of hydrogen-bond donors (Lipinski definition) is 1. The molecule has 0 spiro atoms. The van der Waals surface area contributed by atoms with Crippen molar-refractivity contribution in [3.05, 3.63) is 54.7 Å².